The zero-order valence-corrected chi connectivity index (χ0v) is 13.4. The third kappa shape index (κ3) is 2.79. The van der Waals surface area contributed by atoms with E-state index < -0.39 is 0 Å². The molecule has 1 aliphatic heterocycles. The number of hydrogen-bond acceptors (Lipinski definition) is 2. The number of nitrogens with zero attached hydrogens (tertiary/aromatic N) is 2. The fraction of sp³-hybridized carbons (Fsp3) is 0.417. The Hall–Kier alpha value is -0.370. The molecule has 100 valence electrons. The molecule has 0 unspecified atom stereocenters. The van der Waals surface area contributed by atoms with Crippen LogP contribution in [0.25, 0.3) is 0 Å². The Morgan fingerprint density at radius 3 is 2.50 bits per heavy atom. The van der Waals surface area contributed by atoms with E-state index in [1.165, 1.54) is 5.56 Å². The summed E-state index contributed by atoms with van der Waals surface area (Å²) in [5.74, 6) is 0.435. The Kier molecular flexibility index (Phi) is 5.84. The molecule has 0 spiro atoms. The number of para-hydroxylation sites is 1. The van der Waals surface area contributed by atoms with Crippen LogP contribution in [0, 0.1) is 6.92 Å². The average Bonchev–Trinajstić information content (AvgIpc) is 2.39. The highest BCUT2D eigenvalue weighted by atomic mass is 127. The first kappa shape index (κ1) is 15.7. The van der Waals surface area contributed by atoms with Gasteiger partial charge in [0.2, 0.25) is 0 Å². The standard InChI is InChI=1S/C12H17ClN3O.HI/c1-10-4-2-3-5-11(10)16(12(14)15-13)6-8-17-9-7-16;/h2-5H,6-9H2,1H3,(H2,14,15);1H/q+1;. The summed E-state index contributed by atoms with van der Waals surface area (Å²) in [6, 6.07) is 8.19. The minimum Gasteiger partial charge on any atom is -0.370 e. The van der Waals surface area contributed by atoms with Crippen LogP contribution in [-0.4, -0.2) is 32.3 Å². The lowest BCUT2D eigenvalue weighted by Crippen LogP contribution is -2.63. The maximum atomic E-state index is 6.02. The van der Waals surface area contributed by atoms with E-state index in [4.69, 9.17) is 22.2 Å². The van der Waals surface area contributed by atoms with Crippen molar-refractivity contribution < 1.29 is 4.74 Å². The second-order valence-electron chi connectivity index (χ2n) is 4.26. The lowest BCUT2D eigenvalue weighted by molar-refractivity contribution is 0.0691. The molecule has 0 atom stereocenters. The van der Waals surface area contributed by atoms with Gasteiger partial charge in [-0.1, -0.05) is 18.2 Å². The number of hydrogen-bond donors (Lipinski definition) is 1. The lowest BCUT2D eigenvalue weighted by Gasteiger charge is -2.39. The van der Waals surface area contributed by atoms with Gasteiger partial charge in [-0.3, -0.25) is 0 Å². The molecule has 1 aliphatic rings. The highest BCUT2D eigenvalue weighted by molar-refractivity contribution is 14.0. The van der Waals surface area contributed by atoms with Gasteiger partial charge in [-0.2, -0.15) is 0 Å². The van der Waals surface area contributed by atoms with Crippen LogP contribution in [0.2, 0.25) is 0 Å². The first-order valence-corrected chi connectivity index (χ1v) is 6.00. The van der Waals surface area contributed by atoms with Crippen LogP contribution in [0.5, 0.6) is 0 Å². The highest BCUT2D eigenvalue weighted by Gasteiger charge is 2.39. The van der Waals surface area contributed by atoms with Crippen molar-refractivity contribution >= 4 is 47.4 Å². The molecule has 4 nitrogen and oxygen atoms in total. The molecule has 2 rings (SSSR count). The third-order valence-electron chi connectivity index (χ3n) is 3.34. The van der Waals surface area contributed by atoms with E-state index in [2.05, 4.69) is 23.6 Å². The lowest BCUT2D eigenvalue weighted by atomic mass is 10.1. The number of ether oxygens (including phenoxy) is 1. The van der Waals surface area contributed by atoms with Crippen molar-refractivity contribution in [2.45, 2.75) is 6.92 Å². The fourth-order valence-electron chi connectivity index (χ4n) is 2.36. The van der Waals surface area contributed by atoms with Crippen LogP contribution >= 0.6 is 35.8 Å². The van der Waals surface area contributed by atoms with Gasteiger partial charge < -0.3 is 10.5 Å². The Morgan fingerprint density at radius 2 is 1.94 bits per heavy atom. The van der Waals surface area contributed by atoms with E-state index in [1.54, 1.807) is 0 Å². The van der Waals surface area contributed by atoms with E-state index in [1.807, 2.05) is 12.1 Å². The van der Waals surface area contributed by atoms with Crippen LogP contribution in [0.15, 0.2) is 28.8 Å². The zero-order chi connectivity index (χ0) is 12.3. The number of guanidine groups is 1. The molecule has 2 N–H and O–H groups in total. The summed E-state index contributed by atoms with van der Waals surface area (Å²) in [5, 5.41) is 0. The monoisotopic (exact) mass is 382 g/mol. The second-order valence-corrected chi connectivity index (χ2v) is 4.43. The zero-order valence-electron chi connectivity index (χ0n) is 10.3. The summed E-state index contributed by atoms with van der Waals surface area (Å²) < 4.78 is 9.59. The minimum absolute atomic E-state index is 0. The van der Waals surface area contributed by atoms with Gasteiger partial charge >= 0.3 is 5.96 Å². The van der Waals surface area contributed by atoms with Gasteiger partial charge in [-0.05, 0) is 13.0 Å². The van der Waals surface area contributed by atoms with Crippen molar-refractivity contribution in [1.82, 2.24) is 4.48 Å². The predicted molar refractivity (Wildman–Crippen MR) is 86.4 cm³/mol. The number of benzene rings is 1. The highest BCUT2D eigenvalue weighted by Crippen LogP contribution is 2.28. The van der Waals surface area contributed by atoms with Crippen LogP contribution in [-0.2, 0) is 4.74 Å². The average molecular weight is 383 g/mol. The Balaban J connectivity index is 0.00000162. The number of quaternary nitrogens is 1. The topological polar surface area (TPSA) is 47.6 Å². The third-order valence-corrected chi connectivity index (χ3v) is 3.51. The number of aryl methyl sites for hydroxylation is 1. The molecular weight excluding hydrogens is 365 g/mol. The van der Waals surface area contributed by atoms with Crippen LogP contribution < -0.4 is 10.2 Å². The number of halogens is 2. The summed E-state index contributed by atoms with van der Waals surface area (Å²) >= 11 is 5.58. The number of morpholine rings is 1. The van der Waals surface area contributed by atoms with Gasteiger partial charge in [0.05, 0.1) is 13.2 Å². The molecule has 1 aromatic carbocycles. The summed E-state index contributed by atoms with van der Waals surface area (Å²) in [6.45, 7) is 4.95. The normalized spacial score (nSPS) is 19.1. The van der Waals surface area contributed by atoms with Crippen molar-refractivity contribution in [2.24, 2.45) is 10.2 Å². The molecule has 0 aromatic heterocycles. The van der Waals surface area contributed by atoms with Gasteiger partial charge in [0, 0.05) is 17.3 Å². The van der Waals surface area contributed by atoms with E-state index >= 15 is 0 Å². The van der Waals surface area contributed by atoms with E-state index in [-0.39, 0.29) is 24.0 Å². The maximum Gasteiger partial charge on any atom is 0.317 e. The van der Waals surface area contributed by atoms with Gasteiger partial charge in [-0.15, -0.1) is 28.5 Å². The second kappa shape index (κ2) is 6.70. The van der Waals surface area contributed by atoms with Gasteiger partial charge in [0.25, 0.3) is 0 Å². The van der Waals surface area contributed by atoms with Crippen molar-refractivity contribution in [3.05, 3.63) is 29.8 Å². The quantitative estimate of drug-likeness (QED) is 0.351. The van der Waals surface area contributed by atoms with E-state index in [9.17, 15) is 0 Å². The summed E-state index contributed by atoms with van der Waals surface area (Å²) in [6.07, 6.45) is 0. The van der Waals surface area contributed by atoms with Crippen LogP contribution in [0.3, 0.4) is 0 Å². The van der Waals surface area contributed by atoms with Crippen molar-refractivity contribution in [3.63, 3.8) is 0 Å². The fourth-order valence-corrected chi connectivity index (χ4v) is 2.51. The Labute approximate surface area is 129 Å². The molecular formula is C12H18ClIN3O+. The smallest absolute Gasteiger partial charge is 0.317 e. The van der Waals surface area contributed by atoms with Crippen LogP contribution in [0.1, 0.15) is 5.56 Å². The molecule has 6 heteroatoms. The molecule has 0 bridgehead atoms. The molecule has 0 amide bonds. The Bertz CT molecular complexity index is 433. The largest absolute Gasteiger partial charge is 0.370 e. The summed E-state index contributed by atoms with van der Waals surface area (Å²) in [7, 11) is 0. The molecule has 1 heterocycles. The maximum absolute atomic E-state index is 6.02. The van der Waals surface area contributed by atoms with Gasteiger partial charge in [0.1, 0.15) is 18.8 Å². The predicted octanol–water partition coefficient (Wildman–Crippen LogP) is 2.42. The molecule has 0 saturated carbocycles. The van der Waals surface area contributed by atoms with Gasteiger partial charge in [-0.25, -0.2) is 4.48 Å². The van der Waals surface area contributed by atoms with Gasteiger partial charge in [0.15, 0.2) is 0 Å². The molecule has 1 aromatic rings. The first-order valence-electron chi connectivity index (χ1n) is 5.67. The van der Waals surface area contributed by atoms with E-state index in [0.717, 1.165) is 18.8 Å². The molecule has 0 aliphatic carbocycles. The van der Waals surface area contributed by atoms with Crippen molar-refractivity contribution in [1.29, 1.82) is 0 Å². The molecule has 0 radical (unpaired) electrons. The SMILES string of the molecule is Cc1ccccc1[N+]1(/C(N)=N\Cl)CCOCC1.I. The van der Waals surface area contributed by atoms with E-state index in [0.29, 0.717) is 23.7 Å². The molecule has 1 saturated heterocycles. The molecule has 1 fully saturated rings. The first-order chi connectivity index (χ1) is 8.20. The van der Waals surface area contributed by atoms with Crippen molar-refractivity contribution in [3.8, 4) is 0 Å². The summed E-state index contributed by atoms with van der Waals surface area (Å²) in [4.78, 5) is 0. The van der Waals surface area contributed by atoms with Crippen LogP contribution in [0.4, 0.5) is 5.69 Å². The Morgan fingerprint density at radius 1 is 1.33 bits per heavy atom. The molecule has 18 heavy (non-hydrogen) atoms. The number of nitrogens with two attached hydrogens (primary N) is 1. The summed E-state index contributed by atoms with van der Waals surface area (Å²) in [5.41, 5.74) is 8.36. The minimum atomic E-state index is 0. The van der Waals surface area contributed by atoms with Crippen molar-refractivity contribution in [2.75, 3.05) is 26.3 Å². The number of rotatable bonds is 1.